The van der Waals surface area contributed by atoms with E-state index in [1.54, 1.807) is 10.7 Å². The summed E-state index contributed by atoms with van der Waals surface area (Å²) < 4.78 is 1.71. The molecule has 166 valence electrons. The van der Waals surface area contributed by atoms with Crippen LogP contribution in [0.3, 0.4) is 0 Å². The van der Waals surface area contributed by atoms with Crippen LogP contribution in [-0.2, 0) is 4.79 Å². The molecule has 8 nitrogen and oxygen atoms in total. The van der Waals surface area contributed by atoms with Gasteiger partial charge in [-0.05, 0) is 50.8 Å². The highest BCUT2D eigenvalue weighted by Gasteiger charge is 2.31. The van der Waals surface area contributed by atoms with Crippen LogP contribution in [0.4, 0.5) is 5.69 Å². The van der Waals surface area contributed by atoms with E-state index in [4.69, 9.17) is 0 Å². The van der Waals surface area contributed by atoms with Crippen molar-refractivity contribution >= 4 is 28.6 Å². The van der Waals surface area contributed by atoms with E-state index in [2.05, 4.69) is 15.0 Å². The second kappa shape index (κ2) is 8.26. The van der Waals surface area contributed by atoms with Crippen molar-refractivity contribution in [1.82, 2.24) is 19.7 Å². The Morgan fingerprint density at radius 1 is 1.03 bits per heavy atom. The predicted octanol–water partition coefficient (Wildman–Crippen LogP) is 3.27. The second-order valence-corrected chi connectivity index (χ2v) is 8.66. The summed E-state index contributed by atoms with van der Waals surface area (Å²) in [5.41, 5.74) is 3.01. The number of amides is 1. The molecule has 5 rings (SSSR count). The Hall–Kier alpha value is -3.42. The van der Waals surface area contributed by atoms with Gasteiger partial charge in [0.1, 0.15) is 0 Å². The van der Waals surface area contributed by atoms with Gasteiger partial charge in [-0.1, -0.05) is 18.2 Å². The first-order chi connectivity index (χ1) is 15.5. The van der Waals surface area contributed by atoms with Gasteiger partial charge in [0.2, 0.25) is 5.91 Å². The second-order valence-electron chi connectivity index (χ2n) is 8.66. The summed E-state index contributed by atoms with van der Waals surface area (Å²) in [6.07, 6.45) is 3.74. The first-order valence-electron chi connectivity index (χ1n) is 11.3. The number of aryl methyl sites for hydroxylation is 1. The van der Waals surface area contributed by atoms with E-state index in [-0.39, 0.29) is 17.5 Å². The third-order valence-electron chi connectivity index (χ3n) is 6.61. The maximum atomic E-state index is 12.8. The summed E-state index contributed by atoms with van der Waals surface area (Å²) in [6.45, 7) is 5.10. The quantitative estimate of drug-likeness (QED) is 0.679. The summed E-state index contributed by atoms with van der Waals surface area (Å²) in [5.74, 6) is -0.735. The van der Waals surface area contributed by atoms with Gasteiger partial charge in [-0.2, -0.15) is 5.10 Å². The minimum absolute atomic E-state index is 0.000141. The molecule has 8 heteroatoms. The first-order valence-corrected chi connectivity index (χ1v) is 11.3. The third kappa shape index (κ3) is 3.59. The highest BCUT2D eigenvalue weighted by molar-refractivity contribution is 5.98. The van der Waals surface area contributed by atoms with Gasteiger partial charge in [0.25, 0.3) is 0 Å². The van der Waals surface area contributed by atoms with Crippen molar-refractivity contribution in [1.29, 1.82) is 0 Å². The number of pyridine rings is 1. The van der Waals surface area contributed by atoms with Gasteiger partial charge in [0.15, 0.2) is 11.3 Å². The number of hydrogen-bond donors (Lipinski definition) is 1. The lowest BCUT2D eigenvalue weighted by Gasteiger charge is -2.35. The van der Waals surface area contributed by atoms with Crippen LogP contribution in [0, 0.1) is 12.8 Å². The number of carbonyl (C=O) groups excluding carboxylic acids is 1. The molecule has 0 saturated carbocycles. The van der Waals surface area contributed by atoms with Crippen molar-refractivity contribution < 1.29 is 14.7 Å². The van der Waals surface area contributed by atoms with E-state index in [0.29, 0.717) is 18.7 Å². The van der Waals surface area contributed by atoms with Crippen LogP contribution in [0.15, 0.2) is 36.4 Å². The Morgan fingerprint density at radius 2 is 1.72 bits per heavy atom. The fourth-order valence-electron chi connectivity index (χ4n) is 4.94. The lowest BCUT2D eigenvalue weighted by Crippen LogP contribution is -2.41. The minimum atomic E-state index is -1.06. The zero-order chi connectivity index (χ0) is 22.2. The lowest BCUT2D eigenvalue weighted by atomic mass is 9.94. The topological polar surface area (TPSA) is 91.6 Å². The molecule has 0 radical (unpaired) electrons. The van der Waals surface area contributed by atoms with Crippen LogP contribution in [0.25, 0.3) is 16.7 Å². The highest BCUT2D eigenvalue weighted by atomic mass is 16.4. The van der Waals surface area contributed by atoms with Gasteiger partial charge in [-0.25, -0.2) is 14.5 Å². The van der Waals surface area contributed by atoms with E-state index in [9.17, 15) is 14.7 Å². The average Bonchev–Trinajstić information content (AvgIpc) is 3.47. The number of aromatic nitrogens is 3. The third-order valence-corrected chi connectivity index (χ3v) is 6.61. The molecular weight excluding hydrogens is 406 g/mol. The van der Waals surface area contributed by atoms with Gasteiger partial charge in [-0.3, -0.25) is 4.79 Å². The number of carbonyl (C=O) groups is 2. The summed E-state index contributed by atoms with van der Waals surface area (Å²) in [5, 5.41) is 15.3. The standard InChI is InChI=1S/C24H27N5O3/c1-16-21-20(27-13-9-17(10-14-27)23(30)28-11-5-6-12-28)15-19(24(31)32)25-22(21)29(26-16)18-7-3-2-4-8-18/h2-4,7-8,15,17H,5-6,9-14H2,1H3,(H,31,32). The van der Waals surface area contributed by atoms with Crippen molar-refractivity contribution in [3.8, 4) is 5.69 Å². The number of fused-ring (bicyclic) bond motifs is 1. The Bertz CT molecular complexity index is 1160. The molecule has 32 heavy (non-hydrogen) atoms. The Balaban J connectivity index is 1.49. The van der Waals surface area contributed by atoms with Crippen molar-refractivity contribution in [2.24, 2.45) is 5.92 Å². The smallest absolute Gasteiger partial charge is 0.354 e. The van der Waals surface area contributed by atoms with Gasteiger partial charge in [0.05, 0.1) is 22.5 Å². The monoisotopic (exact) mass is 433 g/mol. The Labute approximate surface area is 186 Å². The molecule has 0 bridgehead atoms. The Kier molecular flexibility index (Phi) is 5.28. The number of carboxylic acid groups (broad SMARTS) is 1. The molecule has 1 amide bonds. The molecule has 0 unspecified atom stereocenters. The molecule has 0 atom stereocenters. The maximum absolute atomic E-state index is 12.8. The van der Waals surface area contributed by atoms with E-state index in [0.717, 1.165) is 61.2 Å². The largest absolute Gasteiger partial charge is 0.477 e. The Morgan fingerprint density at radius 3 is 2.38 bits per heavy atom. The molecule has 4 heterocycles. The molecule has 2 fully saturated rings. The molecule has 2 aliphatic rings. The molecule has 0 spiro atoms. The number of nitrogens with zero attached hydrogens (tertiary/aromatic N) is 5. The normalized spacial score (nSPS) is 17.3. The summed E-state index contributed by atoms with van der Waals surface area (Å²) in [4.78, 5) is 33.3. The first kappa shape index (κ1) is 20.5. The van der Waals surface area contributed by atoms with Gasteiger partial charge in [-0.15, -0.1) is 0 Å². The highest BCUT2D eigenvalue weighted by Crippen LogP contribution is 2.34. The van der Waals surface area contributed by atoms with Crippen LogP contribution < -0.4 is 4.90 Å². The van der Waals surface area contributed by atoms with Crippen molar-refractivity contribution in [2.75, 3.05) is 31.1 Å². The number of piperidine rings is 1. The van der Waals surface area contributed by atoms with Gasteiger partial charge < -0.3 is 14.9 Å². The van der Waals surface area contributed by atoms with Crippen LogP contribution in [0.5, 0.6) is 0 Å². The molecule has 2 saturated heterocycles. The number of carboxylic acids is 1. The SMILES string of the molecule is Cc1nn(-c2ccccc2)c2nc(C(=O)O)cc(N3CCC(C(=O)N4CCCC4)CC3)c12. The van der Waals surface area contributed by atoms with E-state index in [1.807, 2.05) is 42.2 Å². The van der Waals surface area contributed by atoms with Crippen molar-refractivity contribution in [3.63, 3.8) is 0 Å². The molecule has 2 aliphatic heterocycles. The van der Waals surface area contributed by atoms with E-state index >= 15 is 0 Å². The number of anilines is 1. The van der Waals surface area contributed by atoms with Crippen molar-refractivity contribution in [3.05, 3.63) is 47.8 Å². The van der Waals surface area contributed by atoms with Crippen LogP contribution >= 0.6 is 0 Å². The van der Waals surface area contributed by atoms with E-state index < -0.39 is 5.97 Å². The molecular formula is C24H27N5O3. The average molecular weight is 434 g/mol. The predicted molar refractivity (Wildman–Crippen MR) is 121 cm³/mol. The molecule has 1 aromatic carbocycles. The maximum Gasteiger partial charge on any atom is 0.354 e. The van der Waals surface area contributed by atoms with Gasteiger partial charge >= 0.3 is 5.97 Å². The lowest BCUT2D eigenvalue weighted by molar-refractivity contribution is -0.135. The number of hydrogen-bond acceptors (Lipinski definition) is 5. The number of benzene rings is 1. The zero-order valence-corrected chi connectivity index (χ0v) is 18.2. The van der Waals surface area contributed by atoms with Crippen LogP contribution in [0.2, 0.25) is 0 Å². The zero-order valence-electron chi connectivity index (χ0n) is 18.2. The molecule has 1 N–H and O–H groups in total. The minimum Gasteiger partial charge on any atom is -0.477 e. The fraction of sp³-hybridized carbons (Fsp3) is 0.417. The van der Waals surface area contributed by atoms with Crippen LogP contribution in [-0.4, -0.2) is 62.8 Å². The molecule has 0 aliphatic carbocycles. The number of aromatic carboxylic acids is 1. The number of likely N-dealkylation sites (tertiary alicyclic amines) is 1. The number of rotatable bonds is 4. The fourth-order valence-corrected chi connectivity index (χ4v) is 4.94. The van der Waals surface area contributed by atoms with E-state index in [1.165, 1.54) is 0 Å². The molecule has 2 aromatic heterocycles. The van der Waals surface area contributed by atoms with Crippen molar-refractivity contribution in [2.45, 2.75) is 32.6 Å². The summed E-state index contributed by atoms with van der Waals surface area (Å²) in [7, 11) is 0. The summed E-state index contributed by atoms with van der Waals surface area (Å²) in [6, 6.07) is 11.3. The molecule has 3 aromatic rings. The van der Waals surface area contributed by atoms with Crippen LogP contribution in [0.1, 0.15) is 41.9 Å². The summed E-state index contributed by atoms with van der Waals surface area (Å²) >= 11 is 0. The number of para-hydroxylation sites is 1. The van der Waals surface area contributed by atoms with Gasteiger partial charge in [0, 0.05) is 32.1 Å².